The van der Waals surface area contributed by atoms with Gasteiger partial charge in [-0.1, -0.05) is 35.9 Å². The third-order valence-electron chi connectivity index (χ3n) is 4.33. The summed E-state index contributed by atoms with van der Waals surface area (Å²) in [5, 5.41) is 5.83. The lowest BCUT2D eigenvalue weighted by Gasteiger charge is -2.12. The summed E-state index contributed by atoms with van der Waals surface area (Å²) < 4.78 is 47.4. The molecule has 1 atom stereocenters. The number of amides is 1. The Bertz CT molecular complexity index is 1310. The molecule has 0 bridgehead atoms. The molecule has 0 radical (unpaired) electrons. The molecule has 0 fully saturated rings. The third-order valence-corrected chi connectivity index (χ3v) is 7.63. The normalized spacial score (nSPS) is 13.3. The summed E-state index contributed by atoms with van der Waals surface area (Å²) in [6, 6.07) is 13.6. The second-order valence-corrected chi connectivity index (χ2v) is 11.9. The van der Waals surface area contributed by atoms with Gasteiger partial charge in [0.25, 0.3) is 0 Å². The number of thiazole rings is 1. The van der Waals surface area contributed by atoms with E-state index in [4.69, 9.17) is 5.14 Å². The van der Waals surface area contributed by atoms with Crippen LogP contribution in [-0.2, 0) is 24.7 Å². The molecule has 1 aromatic heterocycles. The lowest BCUT2D eigenvalue weighted by Crippen LogP contribution is -2.37. The molecular formula is C19H21N3O5S3. The van der Waals surface area contributed by atoms with Crippen molar-refractivity contribution in [3.05, 3.63) is 53.0 Å². The number of primary sulfonamides is 1. The maximum atomic E-state index is 12.5. The van der Waals surface area contributed by atoms with Crippen molar-refractivity contribution < 1.29 is 21.6 Å². The molecule has 3 N–H and O–H groups in total. The summed E-state index contributed by atoms with van der Waals surface area (Å²) >= 11 is 1.12. The summed E-state index contributed by atoms with van der Waals surface area (Å²) in [5.41, 5.74) is 3.67. The van der Waals surface area contributed by atoms with E-state index in [1.165, 1.54) is 0 Å². The molecule has 0 saturated carbocycles. The van der Waals surface area contributed by atoms with Crippen LogP contribution in [-0.4, -0.2) is 46.3 Å². The lowest BCUT2D eigenvalue weighted by molar-refractivity contribution is -0.120. The van der Waals surface area contributed by atoms with E-state index in [2.05, 4.69) is 10.3 Å². The van der Waals surface area contributed by atoms with Crippen LogP contribution in [0.2, 0.25) is 0 Å². The smallest absolute Gasteiger partial charge is 0.245 e. The van der Waals surface area contributed by atoms with Crippen molar-refractivity contribution in [3.63, 3.8) is 0 Å². The largest absolute Gasteiger partial charge is 0.354 e. The van der Waals surface area contributed by atoms with Crippen molar-refractivity contribution in [2.45, 2.75) is 12.2 Å². The molecular weight excluding hydrogens is 446 g/mol. The Morgan fingerprint density at radius 3 is 2.47 bits per heavy atom. The highest BCUT2D eigenvalue weighted by Gasteiger charge is 2.33. The minimum absolute atomic E-state index is 0.127. The first-order chi connectivity index (χ1) is 13.9. The van der Waals surface area contributed by atoms with Crippen LogP contribution in [0.15, 0.2) is 42.5 Å². The molecule has 3 aromatic rings. The number of sulfone groups is 1. The SMILES string of the molecule is Cc1cccc(-c2ccc3nc(C(C(=O)NCCS(N)(=O)=O)S(C)(=O)=O)sc3c2)c1. The molecule has 160 valence electrons. The zero-order valence-electron chi connectivity index (χ0n) is 16.3. The topological polar surface area (TPSA) is 136 Å². The number of hydrogen-bond donors (Lipinski definition) is 2. The Kier molecular flexibility index (Phi) is 6.27. The molecule has 11 heteroatoms. The van der Waals surface area contributed by atoms with Crippen LogP contribution in [0.4, 0.5) is 0 Å². The van der Waals surface area contributed by atoms with E-state index in [9.17, 15) is 21.6 Å². The quantitative estimate of drug-likeness (QED) is 0.543. The van der Waals surface area contributed by atoms with E-state index < -0.39 is 36.8 Å². The Morgan fingerprint density at radius 2 is 1.83 bits per heavy atom. The number of aryl methyl sites for hydroxylation is 1. The molecule has 0 aliphatic heterocycles. The van der Waals surface area contributed by atoms with Crippen LogP contribution in [0.3, 0.4) is 0 Å². The standard InChI is InChI=1S/C19H21N3O5S3/c1-12-4-3-5-13(10-12)14-6-7-15-16(11-14)28-19(22-15)17(29(2,24)25)18(23)21-8-9-30(20,26)27/h3-7,10-11,17H,8-9H2,1-2H3,(H,21,23)(H2,20,26,27). The Labute approximate surface area is 179 Å². The number of fused-ring (bicyclic) bond motifs is 1. The van der Waals surface area contributed by atoms with Gasteiger partial charge >= 0.3 is 0 Å². The van der Waals surface area contributed by atoms with E-state index in [0.29, 0.717) is 5.52 Å². The molecule has 1 heterocycles. The predicted octanol–water partition coefficient (Wildman–Crippen LogP) is 1.76. The van der Waals surface area contributed by atoms with Crippen LogP contribution in [0, 0.1) is 6.92 Å². The van der Waals surface area contributed by atoms with Gasteiger partial charge in [-0.05, 0) is 30.2 Å². The molecule has 8 nitrogen and oxygen atoms in total. The number of rotatable bonds is 7. The zero-order valence-corrected chi connectivity index (χ0v) is 18.8. The van der Waals surface area contributed by atoms with Crippen molar-refractivity contribution in [3.8, 4) is 11.1 Å². The highest BCUT2D eigenvalue weighted by molar-refractivity contribution is 7.91. The van der Waals surface area contributed by atoms with Gasteiger partial charge in [0, 0.05) is 12.8 Å². The third kappa shape index (κ3) is 5.42. The molecule has 0 saturated heterocycles. The average molecular weight is 468 g/mol. The van der Waals surface area contributed by atoms with Gasteiger partial charge in [-0.3, -0.25) is 4.79 Å². The molecule has 30 heavy (non-hydrogen) atoms. The second kappa shape index (κ2) is 8.42. The zero-order chi connectivity index (χ0) is 22.1. The molecule has 0 spiro atoms. The van der Waals surface area contributed by atoms with Crippen molar-refractivity contribution in [1.82, 2.24) is 10.3 Å². The summed E-state index contributed by atoms with van der Waals surface area (Å²) in [6.07, 6.45) is 0.946. The van der Waals surface area contributed by atoms with Gasteiger partial charge in [0.15, 0.2) is 15.1 Å². The van der Waals surface area contributed by atoms with Gasteiger partial charge in [-0.2, -0.15) is 0 Å². The maximum absolute atomic E-state index is 12.5. The number of hydrogen-bond acceptors (Lipinski definition) is 7. The van der Waals surface area contributed by atoms with Crippen molar-refractivity contribution in [2.24, 2.45) is 5.14 Å². The Balaban J connectivity index is 1.94. The number of carbonyl (C=O) groups excluding carboxylic acids is 1. The number of aromatic nitrogens is 1. The highest BCUT2D eigenvalue weighted by Crippen LogP contribution is 2.33. The first-order valence-corrected chi connectivity index (χ1v) is 13.4. The first kappa shape index (κ1) is 22.3. The van der Waals surface area contributed by atoms with Gasteiger partial charge in [-0.15, -0.1) is 11.3 Å². The number of nitrogens with two attached hydrogens (primary N) is 1. The second-order valence-electron chi connectivity index (χ2n) is 6.97. The van der Waals surface area contributed by atoms with E-state index in [-0.39, 0.29) is 11.6 Å². The fourth-order valence-electron chi connectivity index (χ4n) is 2.96. The lowest BCUT2D eigenvalue weighted by atomic mass is 10.0. The maximum Gasteiger partial charge on any atom is 0.245 e. The summed E-state index contributed by atoms with van der Waals surface area (Å²) in [4.78, 5) is 16.9. The molecule has 0 aliphatic carbocycles. The Hall–Kier alpha value is -2.34. The van der Waals surface area contributed by atoms with E-state index in [1.807, 2.05) is 43.3 Å². The number of sulfonamides is 1. The minimum atomic E-state index is -3.84. The fourth-order valence-corrected chi connectivity index (χ4v) is 5.89. The number of nitrogens with one attached hydrogen (secondary N) is 1. The predicted molar refractivity (Wildman–Crippen MR) is 118 cm³/mol. The summed E-state index contributed by atoms with van der Waals surface area (Å²) in [5.74, 6) is -1.33. The van der Waals surface area contributed by atoms with E-state index >= 15 is 0 Å². The molecule has 2 aromatic carbocycles. The van der Waals surface area contributed by atoms with Gasteiger partial charge in [0.1, 0.15) is 5.01 Å². The van der Waals surface area contributed by atoms with Crippen LogP contribution in [0.25, 0.3) is 21.3 Å². The van der Waals surface area contributed by atoms with Gasteiger partial charge in [0.2, 0.25) is 15.9 Å². The molecule has 0 aliphatic rings. The van der Waals surface area contributed by atoms with E-state index in [0.717, 1.165) is 39.0 Å². The van der Waals surface area contributed by atoms with Crippen LogP contribution in [0.5, 0.6) is 0 Å². The first-order valence-electron chi connectivity index (χ1n) is 8.88. The minimum Gasteiger partial charge on any atom is -0.354 e. The summed E-state index contributed by atoms with van der Waals surface area (Å²) in [7, 11) is -7.62. The van der Waals surface area contributed by atoms with Crippen LogP contribution < -0.4 is 10.5 Å². The van der Waals surface area contributed by atoms with Gasteiger partial charge < -0.3 is 5.32 Å². The number of carbonyl (C=O) groups is 1. The van der Waals surface area contributed by atoms with Crippen LogP contribution >= 0.6 is 11.3 Å². The number of benzene rings is 2. The van der Waals surface area contributed by atoms with Gasteiger partial charge in [-0.25, -0.2) is 27.0 Å². The Morgan fingerprint density at radius 1 is 1.13 bits per heavy atom. The van der Waals surface area contributed by atoms with Crippen molar-refractivity contribution >= 4 is 47.3 Å². The van der Waals surface area contributed by atoms with E-state index in [1.54, 1.807) is 6.07 Å². The highest BCUT2D eigenvalue weighted by atomic mass is 32.2. The average Bonchev–Trinajstić information content (AvgIpc) is 3.01. The molecule has 3 rings (SSSR count). The number of nitrogens with zero attached hydrogens (tertiary/aromatic N) is 1. The van der Waals surface area contributed by atoms with Crippen molar-refractivity contribution in [1.29, 1.82) is 0 Å². The fraction of sp³-hybridized carbons (Fsp3) is 0.263. The van der Waals surface area contributed by atoms with Crippen molar-refractivity contribution in [2.75, 3.05) is 18.6 Å². The monoisotopic (exact) mass is 467 g/mol. The summed E-state index contributed by atoms with van der Waals surface area (Å²) in [6.45, 7) is 1.71. The molecule has 1 amide bonds. The molecule has 1 unspecified atom stereocenters. The van der Waals surface area contributed by atoms with Crippen LogP contribution in [0.1, 0.15) is 15.8 Å². The van der Waals surface area contributed by atoms with Gasteiger partial charge in [0.05, 0.1) is 16.0 Å².